The molecule has 6 heteroatoms. The summed E-state index contributed by atoms with van der Waals surface area (Å²) in [7, 11) is 0. The van der Waals surface area contributed by atoms with Crippen molar-refractivity contribution >= 4 is 23.3 Å². The molecule has 104 valence electrons. The number of nitrogens with two attached hydrogens (primary N) is 1. The van der Waals surface area contributed by atoms with Crippen LogP contribution in [0.25, 0.3) is 0 Å². The lowest BCUT2D eigenvalue weighted by Crippen LogP contribution is -2.39. The van der Waals surface area contributed by atoms with Crippen LogP contribution < -0.4 is 5.73 Å². The average molecular weight is 284 g/mol. The summed E-state index contributed by atoms with van der Waals surface area (Å²) in [5.74, 6) is 0.00645. The molecule has 0 aliphatic rings. The molecule has 0 unspecified atom stereocenters. The van der Waals surface area contributed by atoms with Gasteiger partial charge < -0.3 is 15.8 Å². The van der Waals surface area contributed by atoms with Gasteiger partial charge in [0.15, 0.2) is 0 Å². The Morgan fingerprint density at radius 1 is 1.42 bits per heavy atom. The first-order valence-electron chi connectivity index (χ1n) is 5.98. The minimum atomic E-state index is -0.0996. The van der Waals surface area contributed by atoms with Crippen molar-refractivity contribution in [3.63, 3.8) is 0 Å². The highest BCUT2D eigenvalue weighted by Crippen LogP contribution is 2.13. The van der Waals surface area contributed by atoms with Gasteiger partial charge in [0.1, 0.15) is 5.84 Å². The van der Waals surface area contributed by atoms with E-state index in [1.165, 1.54) is 0 Å². The number of carbonyl (C=O) groups excluding carboxylic acids is 1. The van der Waals surface area contributed by atoms with E-state index in [0.29, 0.717) is 23.6 Å². The Morgan fingerprint density at radius 3 is 2.47 bits per heavy atom. The predicted octanol–water partition coefficient (Wildman–Crippen LogP) is 2.33. The van der Waals surface area contributed by atoms with Crippen LogP contribution in [0.1, 0.15) is 30.6 Å². The lowest BCUT2D eigenvalue weighted by Gasteiger charge is -2.26. The van der Waals surface area contributed by atoms with E-state index < -0.39 is 0 Å². The number of oxime groups is 1. The second kappa shape index (κ2) is 6.99. The molecule has 0 aliphatic heterocycles. The van der Waals surface area contributed by atoms with Crippen LogP contribution in [0.3, 0.4) is 0 Å². The largest absolute Gasteiger partial charge is 0.409 e. The molecule has 0 aliphatic carbocycles. The molecule has 0 saturated heterocycles. The summed E-state index contributed by atoms with van der Waals surface area (Å²) in [6.45, 7) is 4.23. The van der Waals surface area contributed by atoms with Gasteiger partial charge >= 0.3 is 0 Å². The normalized spacial score (nSPS) is 11.7. The first kappa shape index (κ1) is 15.3. The minimum absolute atomic E-state index is 0.0228. The fourth-order valence-electron chi connectivity index (χ4n) is 1.64. The van der Waals surface area contributed by atoms with Crippen molar-refractivity contribution in [2.24, 2.45) is 10.9 Å². The number of rotatable bonds is 5. The molecule has 0 saturated carbocycles. The zero-order chi connectivity index (χ0) is 14.4. The molecule has 1 aromatic carbocycles. The highest BCUT2D eigenvalue weighted by Gasteiger charge is 2.18. The molecule has 0 atom stereocenters. The molecule has 3 N–H and O–H groups in total. The number of amidine groups is 1. The number of hydrogen-bond acceptors (Lipinski definition) is 3. The summed E-state index contributed by atoms with van der Waals surface area (Å²) in [4.78, 5) is 14.0. The van der Waals surface area contributed by atoms with Crippen molar-refractivity contribution in [3.8, 4) is 0 Å². The molecular formula is C13H18ClN3O2. The van der Waals surface area contributed by atoms with Gasteiger partial charge in [0.2, 0.25) is 0 Å². The Labute approximate surface area is 117 Å². The third-order valence-corrected chi connectivity index (χ3v) is 2.96. The summed E-state index contributed by atoms with van der Waals surface area (Å²) in [5.41, 5.74) is 5.99. The summed E-state index contributed by atoms with van der Waals surface area (Å²) in [6.07, 6.45) is 0.327. The van der Waals surface area contributed by atoms with Crippen molar-refractivity contribution in [3.05, 3.63) is 34.9 Å². The van der Waals surface area contributed by atoms with Gasteiger partial charge in [-0.1, -0.05) is 16.8 Å². The van der Waals surface area contributed by atoms with Gasteiger partial charge in [-0.05, 0) is 38.1 Å². The molecule has 0 spiro atoms. The van der Waals surface area contributed by atoms with Gasteiger partial charge in [-0.25, -0.2) is 0 Å². The Morgan fingerprint density at radius 2 is 2.00 bits per heavy atom. The van der Waals surface area contributed by atoms with Crippen LogP contribution in [0.2, 0.25) is 5.02 Å². The first-order valence-corrected chi connectivity index (χ1v) is 6.36. The second-order valence-corrected chi connectivity index (χ2v) is 4.88. The van der Waals surface area contributed by atoms with E-state index in [1.54, 1.807) is 29.2 Å². The van der Waals surface area contributed by atoms with Crippen molar-refractivity contribution in [2.45, 2.75) is 26.3 Å². The molecule has 0 bridgehead atoms. The maximum atomic E-state index is 12.3. The SMILES string of the molecule is CC(C)N(CCC(N)=NO)C(=O)c1ccc(Cl)cc1. The number of benzene rings is 1. The number of nitrogens with zero attached hydrogens (tertiary/aromatic N) is 2. The van der Waals surface area contributed by atoms with Crippen LogP contribution in [0.5, 0.6) is 0 Å². The van der Waals surface area contributed by atoms with Crippen LogP contribution in [0, 0.1) is 0 Å². The molecule has 1 amide bonds. The summed E-state index contributed by atoms with van der Waals surface area (Å²) >= 11 is 5.80. The van der Waals surface area contributed by atoms with Crippen LogP contribution in [-0.2, 0) is 0 Å². The molecule has 0 aromatic heterocycles. The Hall–Kier alpha value is -1.75. The van der Waals surface area contributed by atoms with Crippen molar-refractivity contribution in [2.75, 3.05) is 6.54 Å². The molecule has 0 fully saturated rings. The third-order valence-electron chi connectivity index (χ3n) is 2.71. The minimum Gasteiger partial charge on any atom is -0.409 e. The third kappa shape index (κ3) is 4.44. The highest BCUT2D eigenvalue weighted by molar-refractivity contribution is 6.30. The van der Waals surface area contributed by atoms with Gasteiger partial charge in [0, 0.05) is 29.6 Å². The summed E-state index contributed by atoms with van der Waals surface area (Å²) < 4.78 is 0. The Kier molecular flexibility index (Phi) is 5.63. The van der Waals surface area contributed by atoms with Crippen molar-refractivity contribution in [1.82, 2.24) is 4.90 Å². The molecule has 1 aromatic rings. The number of halogens is 1. The summed E-state index contributed by atoms with van der Waals surface area (Å²) in [6, 6.07) is 6.75. The highest BCUT2D eigenvalue weighted by atomic mass is 35.5. The van der Waals surface area contributed by atoms with Crippen LogP contribution in [0.4, 0.5) is 0 Å². The molecule has 0 radical (unpaired) electrons. The van der Waals surface area contributed by atoms with Gasteiger partial charge in [-0.3, -0.25) is 4.79 Å². The fraction of sp³-hybridized carbons (Fsp3) is 0.385. The number of hydrogen-bond donors (Lipinski definition) is 2. The van der Waals surface area contributed by atoms with Crippen LogP contribution >= 0.6 is 11.6 Å². The van der Waals surface area contributed by atoms with Crippen molar-refractivity contribution < 1.29 is 10.0 Å². The molecule has 0 heterocycles. The monoisotopic (exact) mass is 283 g/mol. The van der Waals surface area contributed by atoms with Gasteiger partial charge in [0.05, 0.1) is 0 Å². The van der Waals surface area contributed by atoms with E-state index in [9.17, 15) is 4.79 Å². The van der Waals surface area contributed by atoms with Crippen LogP contribution in [0.15, 0.2) is 29.4 Å². The lowest BCUT2D eigenvalue weighted by molar-refractivity contribution is 0.0711. The fourth-order valence-corrected chi connectivity index (χ4v) is 1.76. The Bertz CT molecular complexity index is 457. The van der Waals surface area contributed by atoms with E-state index in [4.69, 9.17) is 22.5 Å². The number of amides is 1. The van der Waals surface area contributed by atoms with E-state index in [-0.39, 0.29) is 17.8 Å². The molecule has 5 nitrogen and oxygen atoms in total. The quantitative estimate of drug-likeness (QED) is 0.377. The van der Waals surface area contributed by atoms with Gasteiger partial charge in [-0.2, -0.15) is 0 Å². The first-order chi connectivity index (χ1) is 8.95. The van der Waals surface area contributed by atoms with E-state index in [1.807, 2.05) is 13.8 Å². The van der Waals surface area contributed by atoms with E-state index >= 15 is 0 Å². The van der Waals surface area contributed by atoms with Gasteiger partial charge in [0.25, 0.3) is 5.91 Å². The van der Waals surface area contributed by atoms with Crippen molar-refractivity contribution in [1.29, 1.82) is 0 Å². The zero-order valence-corrected chi connectivity index (χ0v) is 11.8. The maximum absolute atomic E-state index is 12.3. The zero-order valence-electron chi connectivity index (χ0n) is 11.0. The number of carbonyl (C=O) groups is 1. The Balaban J connectivity index is 2.81. The second-order valence-electron chi connectivity index (χ2n) is 4.44. The van der Waals surface area contributed by atoms with E-state index in [0.717, 1.165) is 0 Å². The maximum Gasteiger partial charge on any atom is 0.254 e. The predicted molar refractivity (Wildman–Crippen MR) is 75.7 cm³/mol. The lowest BCUT2D eigenvalue weighted by atomic mass is 10.1. The van der Waals surface area contributed by atoms with Gasteiger partial charge in [-0.15, -0.1) is 0 Å². The summed E-state index contributed by atoms with van der Waals surface area (Å²) in [5, 5.41) is 12.0. The molecule has 1 rings (SSSR count). The smallest absolute Gasteiger partial charge is 0.254 e. The standard InChI is InChI=1S/C13H18ClN3O2/c1-9(2)17(8-7-12(15)16-19)13(18)10-3-5-11(14)6-4-10/h3-6,9,19H,7-8H2,1-2H3,(H2,15,16). The van der Waals surface area contributed by atoms with Crippen LogP contribution in [-0.4, -0.2) is 34.4 Å². The van der Waals surface area contributed by atoms with E-state index in [2.05, 4.69) is 5.16 Å². The topological polar surface area (TPSA) is 78.9 Å². The molecule has 19 heavy (non-hydrogen) atoms. The molecular weight excluding hydrogens is 266 g/mol. The average Bonchev–Trinajstić information content (AvgIpc) is 2.38.